The van der Waals surface area contributed by atoms with Crippen LogP contribution in [0.4, 0.5) is 5.69 Å². The second-order valence-electron chi connectivity index (χ2n) is 5.72. The highest BCUT2D eigenvalue weighted by molar-refractivity contribution is 9.10. The van der Waals surface area contributed by atoms with Gasteiger partial charge in [0, 0.05) is 16.8 Å². The van der Waals surface area contributed by atoms with Gasteiger partial charge in [-0.1, -0.05) is 29.4 Å². The molecule has 3 rings (SSSR count). The van der Waals surface area contributed by atoms with Gasteiger partial charge in [0.05, 0.1) is 5.75 Å². The van der Waals surface area contributed by atoms with E-state index >= 15 is 0 Å². The van der Waals surface area contributed by atoms with Gasteiger partial charge in [0.2, 0.25) is 11.7 Å². The number of hydrogen-bond acceptors (Lipinski definition) is 5. The van der Waals surface area contributed by atoms with Crippen molar-refractivity contribution in [2.75, 3.05) is 11.1 Å². The fourth-order valence-corrected chi connectivity index (χ4v) is 3.70. The average Bonchev–Trinajstić information content (AvgIpc) is 3.18. The van der Waals surface area contributed by atoms with Crippen molar-refractivity contribution < 1.29 is 9.21 Å². The van der Waals surface area contributed by atoms with E-state index in [0.717, 1.165) is 0 Å². The number of rotatable bonds is 6. The molecular weight excluding hydrogens is 440 g/mol. The standard InChI is InChI=1S/C17H16BrClN4O2S/c1-10(2)23-16(13-6-7-14(18)25-13)21-22-17(23)26-9-15(24)20-12-5-3-4-11(19)8-12/h3-8,10H,9H2,1-2H3,(H,20,24). The van der Waals surface area contributed by atoms with Crippen molar-refractivity contribution in [3.63, 3.8) is 0 Å². The van der Waals surface area contributed by atoms with Gasteiger partial charge in [-0.2, -0.15) is 0 Å². The molecule has 0 aliphatic heterocycles. The Morgan fingerprint density at radius 2 is 2.15 bits per heavy atom. The number of benzene rings is 1. The van der Waals surface area contributed by atoms with Gasteiger partial charge in [0.25, 0.3) is 0 Å². The number of anilines is 1. The quantitative estimate of drug-likeness (QED) is 0.513. The number of amides is 1. The van der Waals surface area contributed by atoms with Gasteiger partial charge >= 0.3 is 0 Å². The van der Waals surface area contributed by atoms with E-state index in [4.69, 9.17) is 16.0 Å². The molecule has 0 bridgehead atoms. The smallest absolute Gasteiger partial charge is 0.234 e. The van der Waals surface area contributed by atoms with Crippen molar-refractivity contribution in [1.82, 2.24) is 14.8 Å². The fraction of sp³-hybridized carbons (Fsp3) is 0.235. The van der Waals surface area contributed by atoms with Gasteiger partial charge in [0.1, 0.15) is 0 Å². The van der Waals surface area contributed by atoms with Crippen molar-refractivity contribution in [2.24, 2.45) is 0 Å². The molecule has 0 saturated carbocycles. The summed E-state index contributed by atoms with van der Waals surface area (Å²) < 4.78 is 8.15. The van der Waals surface area contributed by atoms with E-state index in [9.17, 15) is 4.79 Å². The molecule has 1 amide bonds. The van der Waals surface area contributed by atoms with Crippen LogP contribution in [0.1, 0.15) is 19.9 Å². The Morgan fingerprint density at radius 1 is 1.35 bits per heavy atom. The zero-order valence-corrected chi connectivity index (χ0v) is 17.2. The molecule has 0 aliphatic carbocycles. The minimum Gasteiger partial charge on any atom is -0.446 e. The molecular formula is C17H16BrClN4O2S. The zero-order chi connectivity index (χ0) is 18.7. The number of hydrogen-bond donors (Lipinski definition) is 1. The third kappa shape index (κ3) is 4.49. The van der Waals surface area contributed by atoms with Crippen LogP contribution in [0.15, 0.2) is 50.6 Å². The molecule has 0 unspecified atom stereocenters. The highest BCUT2D eigenvalue weighted by atomic mass is 79.9. The van der Waals surface area contributed by atoms with Crippen LogP contribution in [0.5, 0.6) is 0 Å². The summed E-state index contributed by atoms with van der Waals surface area (Å²) in [6.07, 6.45) is 0. The maximum Gasteiger partial charge on any atom is 0.234 e. The first-order valence-corrected chi connectivity index (χ1v) is 9.98. The first-order chi connectivity index (χ1) is 12.4. The SMILES string of the molecule is CC(C)n1c(SCC(=O)Nc2cccc(Cl)c2)nnc1-c1ccc(Br)o1. The van der Waals surface area contributed by atoms with Crippen LogP contribution in [-0.4, -0.2) is 26.4 Å². The number of carbonyl (C=O) groups excluding carboxylic acids is 1. The molecule has 26 heavy (non-hydrogen) atoms. The lowest BCUT2D eigenvalue weighted by atomic mass is 10.3. The lowest BCUT2D eigenvalue weighted by Crippen LogP contribution is -2.15. The Labute approximate surface area is 168 Å². The van der Waals surface area contributed by atoms with Crippen molar-refractivity contribution in [3.05, 3.63) is 46.1 Å². The third-order valence-corrected chi connectivity index (χ3v) is 5.02. The maximum absolute atomic E-state index is 12.2. The van der Waals surface area contributed by atoms with E-state index in [-0.39, 0.29) is 17.7 Å². The molecule has 0 saturated heterocycles. The molecule has 3 aromatic rings. The highest BCUT2D eigenvalue weighted by Gasteiger charge is 2.20. The van der Waals surface area contributed by atoms with Crippen LogP contribution >= 0.6 is 39.3 Å². The Bertz CT molecular complexity index is 925. The van der Waals surface area contributed by atoms with Crippen molar-refractivity contribution >= 4 is 50.9 Å². The molecule has 2 heterocycles. The van der Waals surface area contributed by atoms with Crippen LogP contribution in [0.3, 0.4) is 0 Å². The first-order valence-electron chi connectivity index (χ1n) is 7.83. The summed E-state index contributed by atoms with van der Waals surface area (Å²) in [6, 6.07) is 10.8. The van der Waals surface area contributed by atoms with Crippen molar-refractivity contribution in [1.29, 1.82) is 0 Å². The molecule has 0 radical (unpaired) electrons. The van der Waals surface area contributed by atoms with Crippen LogP contribution in [-0.2, 0) is 4.79 Å². The summed E-state index contributed by atoms with van der Waals surface area (Å²) in [4.78, 5) is 12.2. The average molecular weight is 456 g/mol. The molecule has 0 fully saturated rings. The summed E-state index contributed by atoms with van der Waals surface area (Å²) in [5.41, 5.74) is 0.662. The summed E-state index contributed by atoms with van der Waals surface area (Å²) in [5.74, 6) is 1.31. The van der Waals surface area contributed by atoms with Crippen molar-refractivity contribution in [2.45, 2.75) is 25.0 Å². The lowest BCUT2D eigenvalue weighted by Gasteiger charge is -2.12. The second-order valence-corrected chi connectivity index (χ2v) is 7.88. The normalized spacial score (nSPS) is 11.1. The summed E-state index contributed by atoms with van der Waals surface area (Å²) >= 11 is 10.5. The lowest BCUT2D eigenvalue weighted by molar-refractivity contribution is -0.113. The second kappa shape index (κ2) is 8.28. The van der Waals surface area contributed by atoms with Gasteiger partial charge in [0.15, 0.2) is 15.6 Å². The maximum atomic E-state index is 12.2. The van der Waals surface area contributed by atoms with Gasteiger partial charge in [-0.3, -0.25) is 9.36 Å². The van der Waals surface area contributed by atoms with E-state index in [0.29, 0.717) is 32.1 Å². The molecule has 0 aliphatic rings. The Hall–Kier alpha value is -1.77. The number of carbonyl (C=O) groups is 1. The number of nitrogens with zero attached hydrogens (tertiary/aromatic N) is 3. The molecule has 6 nitrogen and oxygen atoms in total. The van der Waals surface area contributed by atoms with Gasteiger partial charge in [-0.05, 0) is 60.1 Å². The van der Waals surface area contributed by atoms with Crippen LogP contribution < -0.4 is 5.32 Å². The number of halogens is 2. The predicted molar refractivity (Wildman–Crippen MR) is 107 cm³/mol. The van der Waals surface area contributed by atoms with Crippen molar-refractivity contribution in [3.8, 4) is 11.6 Å². The minimum absolute atomic E-state index is 0.113. The summed E-state index contributed by atoms with van der Waals surface area (Å²) in [6.45, 7) is 4.06. The van der Waals surface area contributed by atoms with E-state index in [1.807, 2.05) is 24.5 Å². The monoisotopic (exact) mass is 454 g/mol. The number of furan rings is 1. The number of nitrogens with one attached hydrogen (secondary N) is 1. The Balaban J connectivity index is 1.71. The molecule has 0 spiro atoms. The predicted octanol–water partition coefficient (Wildman–Crippen LogP) is 5.27. The van der Waals surface area contributed by atoms with Crippen LogP contribution in [0.2, 0.25) is 5.02 Å². The highest BCUT2D eigenvalue weighted by Crippen LogP contribution is 2.30. The topological polar surface area (TPSA) is 73.0 Å². The number of aromatic nitrogens is 3. The van der Waals surface area contributed by atoms with Gasteiger partial charge < -0.3 is 9.73 Å². The third-order valence-electron chi connectivity index (χ3n) is 3.42. The molecule has 1 N–H and O–H groups in total. The van der Waals surface area contributed by atoms with E-state index in [1.165, 1.54) is 11.8 Å². The minimum atomic E-state index is -0.141. The first kappa shape index (κ1) is 19.0. The van der Waals surface area contributed by atoms with Crippen LogP contribution in [0.25, 0.3) is 11.6 Å². The fourth-order valence-electron chi connectivity index (χ4n) is 2.34. The molecule has 0 atom stereocenters. The van der Waals surface area contributed by atoms with Gasteiger partial charge in [-0.15, -0.1) is 10.2 Å². The summed E-state index contributed by atoms with van der Waals surface area (Å²) in [5, 5.41) is 12.5. The Morgan fingerprint density at radius 3 is 2.81 bits per heavy atom. The van der Waals surface area contributed by atoms with Gasteiger partial charge in [-0.25, -0.2) is 0 Å². The Kier molecular flexibility index (Phi) is 6.05. The molecule has 1 aromatic carbocycles. The summed E-state index contributed by atoms with van der Waals surface area (Å²) in [7, 11) is 0. The largest absolute Gasteiger partial charge is 0.446 e. The molecule has 9 heteroatoms. The zero-order valence-electron chi connectivity index (χ0n) is 14.1. The number of thioether (sulfide) groups is 1. The van der Waals surface area contributed by atoms with Crippen LogP contribution in [0, 0.1) is 0 Å². The molecule has 136 valence electrons. The molecule has 2 aromatic heterocycles. The van der Waals surface area contributed by atoms with E-state index < -0.39 is 0 Å². The van der Waals surface area contributed by atoms with E-state index in [1.54, 1.807) is 30.3 Å². The van der Waals surface area contributed by atoms with E-state index in [2.05, 4.69) is 31.4 Å².